The quantitative estimate of drug-likeness (QED) is 0.812. The molecule has 2 heteroatoms. The van der Waals surface area contributed by atoms with Crippen molar-refractivity contribution in [3.8, 4) is 0 Å². The molecule has 106 valence electrons. The van der Waals surface area contributed by atoms with Crippen molar-refractivity contribution >= 4 is 0 Å². The van der Waals surface area contributed by atoms with Gasteiger partial charge in [-0.1, -0.05) is 34.1 Å². The lowest BCUT2D eigenvalue weighted by Gasteiger charge is -2.52. The number of rotatable bonds is 2. The first-order valence-electron chi connectivity index (χ1n) is 7.78. The third-order valence-corrected chi connectivity index (χ3v) is 5.38. The van der Waals surface area contributed by atoms with E-state index in [-0.39, 0.29) is 11.2 Å². The SMILES string of the molecule is CC(C)C1CCCC2(CNCC(C)(C(C)C)O2)C1. The van der Waals surface area contributed by atoms with Gasteiger partial charge in [-0.05, 0) is 43.9 Å². The van der Waals surface area contributed by atoms with Gasteiger partial charge in [0, 0.05) is 13.1 Å². The number of hydrogen-bond acceptors (Lipinski definition) is 2. The van der Waals surface area contributed by atoms with Crippen molar-refractivity contribution in [1.82, 2.24) is 5.32 Å². The molecule has 2 aliphatic rings. The Hall–Kier alpha value is -0.0800. The Balaban J connectivity index is 2.10. The topological polar surface area (TPSA) is 21.3 Å². The summed E-state index contributed by atoms with van der Waals surface area (Å²) in [5.74, 6) is 2.20. The highest BCUT2D eigenvalue weighted by atomic mass is 16.5. The molecule has 2 rings (SSSR count). The minimum Gasteiger partial charge on any atom is -0.366 e. The Bertz CT molecular complexity index is 285. The van der Waals surface area contributed by atoms with Crippen molar-refractivity contribution in [2.24, 2.45) is 17.8 Å². The van der Waals surface area contributed by atoms with Crippen molar-refractivity contribution < 1.29 is 4.74 Å². The van der Waals surface area contributed by atoms with Gasteiger partial charge in [0.25, 0.3) is 0 Å². The van der Waals surface area contributed by atoms with Crippen LogP contribution in [0.5, 0.6) is 0 Å². The number of hydrogen-bond donors (Lipinski definition) is 1. The van der Waals surface area contributed by atoms with Crippen LogP contribution in [0.3, 0.4) is 0 Å². The molecule has 1 N–H and O–H groups in total. The van der Waals surface area contributed by atoms with E-state index < -0.39 is 0 Å². The summed E-state index contributed by atoms with van der Waals surface area (Å²) in [6, 6.07) is 0. The van der Waals surface area contributed by atoms with E-state index in [4.69, 9.17) is 4.74 Å². The molecule has 3 atom stereocenters. The van der Waals surface area contributed by atoms with Crippen molar-refractivity contribution in [2.75, 3.05) is 13.1 Å². The highest BCUT2D eigenvalue weighted by Crippen LogP contribution is 2.43. The van der Waals surface area contributed by atoms with Gasteiger partial charge in [0.2, 0.25) is 0 Å². The van der Waals surface area contributed by atoms with Crippen LogP contribution in [0.15, 0.2) is 0 Å². The van der Waals surface area contributed by atoms with E-state index in [0.717, 1.165) is 24.9 Å². The lowest BCUT2D eigenvalue weighted by atomic mass is 9.72. The van der Waals surface area contributed by atoms with Crippen LogP contribution in [0.4, 0.5) is 0 Å². The minimum absolute atomic E-state index is 0.0110. The molecule has 1 aliphatic heterocycles. The average Bonchev–Trinajstić information content (AvgIpc) is 2.28. The summed E-state index contributed by atoms with van der Waals surface area (Å²) in [5, 5.41) is 3.65. The van der Waals surface area contributed by atoms with Crippen LogP contribution in [0, 0.1) is 17.8 Å². The third kappa shape index (κ3) is 2.75. The van der Waals surface area contributed by atoms with Gasteiger partial charge in [-0.25, -0.2) is 0 Å². The lowest BCUT2D eigenvalue weighted by molar-refractivity contribution is -0.208. The first-order valence-corrected chi connectivity index (χ1v) is 7.78. The second kappa shape index (κ2) is 5.13. The average molecular weight is 253 g/mol. The Morgan fingerprint density at radius 3 is 2.50 bits per heavy atom. The summed E-state index contributed by atoms with van der Waals surface area (Å²) in [5.41, 5.74) is 0.127. The van der Waals surface area contributed by atoms with Gasteiger partial charge in [-0.2, -0.15) is 0 Å². The predicted octanol–water partition coefficient (Wildman–Crippen LogP) is 3.61. The summed E-state index contributed by atoms with van der Waals surface area (Å²) in [6.45, 7) is 13.6. The van der Waals surface area contributed by atoms with E-state index in [1.54, 1.807) is 0 Å². The molecule has 1 aliphatic carbocycles. The lowest BCUT2D eigenvalue weighted by Crippen LogP contribution is -2.62. The predicted molar refractivity (Wildman–Crippen MR) is 76.7 cm³/mol. The summed E-state index contributed by atoms with van der Waals surface area (Å²) < 4.78 is 6.68. The number of morpholine rings is 1. The van der Waals surface area contributed by atoms with Crippen LogP contribution in [-0.2, 0) is 4.74 Å². The zero-order valence-corrected chi connectivity index (χ0v) is 12.9. The maximum Gasteiger partial charge on any atom is 0.0817 e. The van der Waals surface area contributed by atoms with Crippen molar-refractivity contribution in [2.45, 2.75) is 71.5 Å². The highest BCUT2D eigenvalue weighted by molar-refractivity contribution is 4.99. The van der Waals surface area contributed by atoms with Crippen molar-refractivity contribution in [3.05, 3.63) is 0 Å². The first kappa shape index (κ1) is 14.3. The van der Waals surface area contributed by atoms with Gasteiger partial charge >= 0.3 is 0 Å². The summed E-state index contributed by atoms with van der Waals surface area (Å²) in [7, 11) is 0. The van der Waals surface area contributed by atoms with E-state index in [1.165, 1.54) is 25.7 Å². The second-order valence-corrected chi connectivity index (χ2v) is 7.46. The molecule has 18 heavy (non-hydrogen) atoms. The van der Waals surface area contributed by atoms with E-state index in [2.05, 4.69) is 39.9 Å². The Labute approximate surface area is 113 Å². The maximum absolute atomic E-state index is 6.68. The van der Waals surface area contributed by atoms with Gasteiger partial charge in [0.15, 0.2) is 0 Å². The van der Waals surface area contributed by atoms with E-state index >= 15 is 0 Å². The molecule has 1 saturated carbocycles. The van der Waals surface area contributed by atoms with Crippen molar-refractivity contribution in [3.63, 3.8) is 0 Å². The van der Waals surface area contributed by atoms with Gasteiger partial charge in [-0.3, -0.25) is 0 Å². The Morgan fingerprint density at radius 1 is 1.17 bits per heavy atom. The number of ether oxygens (including phenoxy) is 1. The summed E-state index contributed by atoms with van der Waals surface area (Å²) in [4.78, 5) is 0. The zero-order valence-electron chi connectivity index (χ0n) is 12.9. The second-order valence-electron chi connectivity index (χ2n) is 7.46. The van der Waals surface area contributed by atoms with Gasteiger partial charge < -0.3 is 10.1 Å². The minimum atomic E-state index is 0.0110. The van der Waals surface area contributed by atoms with Crippen LogP contribution < -0.4 is 5.32 Å². The molecule has 1 heterocycles. The van der Waals surface area contributed by atoms with E-state index in [0.29, 0.717) is 5.92 Å². The Kier molecular flexibility index (Phi) is 4.08. The molecular formula is C16H31NO. The smallest absolute Gasteiger partial charge is 0.0817 e. The number of nitrogens with one attached hydrogen (secondary N) is 1. The maximum atomic E-state index is 6.68. The molecule has 1 spiro atoms. The molecule has 0 aromatic rings. The molecule has 1 saturated heterocycles. The van der Waals surface area contributed by atoms with Crippen LogP contribution in [-0.4, -0.2) is 24.3 Å². The summed E-state index contributed by atoms with van der Waals surface area (Å²) in [6.07, 6.45) is 5.21. The van der Waals surface area contributed by atoms with E-state index in [9.17, 15) is 0 Å². The molecule has 0 bridgehead atoms. The largest absolute Gasteiger partial charge is 0.366 e. The fourth-order valence-corrected chi connectivity index (χ4v) is 3.62. The fourth-order valence-electron chi connectivity index (χ4n) is 3.62. The third-order valence-electron chi connectivity index (χ3n) is 5.38. The summed E-state index contributed by atoms with van der Waals surface area (Å²) >= 11 is 0. The molecular weight excluding hydrogens is 222 g/mol. The molecule has 3 unspecified atom stereocenters. The molecule has 0 aromatic carbocycles. The van der Waals surface area contributed by atoms with Crippen LogP contribution in [0.25, 0.3) is 0 Å². The molecule has 2 nitrogen and oxygen atoms in total. The van der Waals surface area contributed by atoms with Crippen LogP contribution >= 0.6 is 0 Å². The van der Waals surface area contributed by atoms with Gasteiger partial charge in [0.1, 0.15) is 0 Å². The van der Waals surface area contributed by atoms with Crippen molar-refractivity contribution in [1.29, 1.82) is 0 Å². The monoisotopic (exact) mass is 253 g/mol. The standard InChI is InChI=1S/C16H31NO/c1-12(2)14-7-6-8-16(9-14)11-17-10-15(5,18-16)13(3)4/h12-14,17H,6-11H2,1-5H3. The van der Waals surface area contributed by atoms with Crippen LogP contribution in [0.1, 0.15) is 60.3 Å². The Morgan fingerprint density at radius 2 is 1.89 bits per heavy atom. The van der Waals surface area contributed by atoms with E-state index in [1.807, 2.05) is 0 Å². The van der Waals surface area contributed by atoms with Gasteiger partial charge in [0.05, 0.1) is 11.2 Å². The molecule has 0 radical (unpaired) electrons. The first-order chi connectivity index (χ1) is 8.37. The fraction of sp³-hybridized carbons (Fsp3) is 1.00. The zero-order chi connectivity index (χ0) is 13.4. The highest BCUT2D eigenvalue weighted by Gasteiger charge is 2.47. The van der Waals surface area contributed by atoms with Crippen LogP contribution in [0.2, 0.25) is 0 Å². The normalized spacial score (nSPS) is 41.8. The van der Waals surface area contributed by atoms with Gasteiger partial charge in [-0.15, -0.1) is 0 Å². The molecule has 2 fully saturated rings. The molecule has 0 amide bonds. The molecule has 0 aromatic heterocycles.